The second-order valence-electron chi connectivity index (χ2n) is 3.67. The van der Waals surface area contributed by atoms with Crippen LogP contribution < -0.4 is 5.32 Å². The van der Waals surface area contributed by atoms with Gasteiger partial charge in [-0.3, -0.25) is 10.1 Å². The second-order valence-corrected chi connectivity index (χ2v) is 3.67. The fourth-order valence-corrected chi connectivity index (χ4v) is 1.50. The minimum atomic E-state index is -0.593. The molecule has 0 saturated heterocycles. The lowest BCUT2D eigenvalue weighted by molar-refractivity contribution is -0.131. The van der Waals surface area contributed by atoms with Gasteiger partial charge in [0.15, 0.2) is 5.82 Å². The molecule has 0 bridgehead atoms. The number of aromatic nitrogens is 3. The number of hydrogen-bond acceptors (Lipinski definition) is 5. The summed E-state index contributed by atoms with van der Waals surface area (Å²) < 4.78 is 4.71. The lowest BCUT2D eigenvalue weighted by atomic mass is 10.4. The van der Waals surface area contributed by atoms with Gasteiger partial charge in [0.1, 0.15) is 6.54 Å². The third-order valence-electron chi connectivity index (χ3n) is 2.43. The first kappa shape index (κ1) is 14.9. The van der Waals surface area contributed by atoms with Crippen molar-refractivity contribution in [1.82, 2.24) is 19.9 Å². The molecule has 0 radical (unpaired) electrons. The molecule has 106 valence electrons. The third kappa shape index (κ3) is 4.57. The van der Waals surface area contributed by atoms with Gasteiger partial charge in [-0.25, -0.2) is 4.79 Å². The first-order chi connectivity index (χ1) is 9.10. The molecule has 0 aliphatic rings. The smallest absolute Gasteiger partial charge is 0.412 e. The van der Waals surface area contributed by atoms with E-state index in [9.17, 15) is 9.59 Å². The summed E-state index contributed by atoms with van der Waals surface area (Å²) in [6.07, 6.45) is 0.775. The first-order valence-electron chi connectivity index (χ1n) is 6.22. The van der Waals surface area contributed by atoms with Gasteiger partial charge in [0.25, 0.3) is 0 Å². The number of likely N-dealkylation sites (N-methyl/N-ethyl adjacent to an activating group) is 1. The van der Waals surface area contributed by atoms with Gasteiger partial charge < -0.3 is 9.64 Å². The summed E-state index contributed by atoms with van der Waals surface area (Å²) in [7, 11) is 0. The number of nitrogens with zero attached hydrogens (tertiary/aromatic N) is 4. The van der Waals surface area contributed by atoms with Crippen molar-refractivity contribution in [2.45, 2.75) is 27.3 Å². The zero-order valence-corrected chi connectivity index (χ0v) is 11.4. The highest BCUT2D eigenvalue weighted by Gasteiger charge is 2.12. The van der Waals surface area contributed by atoms with Crippen molar-refractivity contribution in [3.63, 3.8) is 0 Å². The van der Waals surface area contributed by atoms with Gasteiger partial charge in [-0.15, -0.1) is 5.10 Å². The normalized spacial score (nSPS) is 10.1. The molecule has 19 heavy (non-hydrogen) atoms. The van der Waals surface area contributed by atoms with E-state index in [0.29, 0.717) is 13.1 Å². The average molecular weight is 269 g/mol. The molecular formula is C11H19N5O3. The van der Waals surface area contributed by atoms with Crippen LogP contribution in [0.4, 0.5) is 10.6 Å². The Labute approximate surface area is 111 Å². The Morgan fingerprint density at radius 3 is 2.63 bits per heavy atom. The Kier molecular flexibility index (Phi) is 5.77. The molecule has 0 aliphatic heterocycles. The van der Waals surface area contributed by atoms with Crippen molar-refractivity contribution in [2.75, 3.05) is 25.0 Å². The molecule has 1 aromatic rings. The molecule has 0 unspecified atom stereocenters. The lowest BCUT2D eigenvalue weighted by Crippen LogP contribution is -2.34. The Morgan fingerprint density at radius 1 is 1.37 bits per heavy atom. The highest BCUT2D eigenvalue weighted by atomic mass is 16.5. The summed E-state index contributed by atoms with van der Waals surface area (Å²) in [5.74, 6) is 0.189. The summed E-state index contributed by atoms with van der Waals surface area (Å²) in [4.78, 5) is 25.9. The maximum atomic E-state index is 11.8. The molecule has 0 fully saturated rings. The zero-order valence-electron chi connectivity index (χ0n) is 11.4. The Balaban J connectivity index is 2.55. The number of ether oxygens (including phenoxy) is 1. The fraction of sp³-hybridized carbons (Fsp3) is 0.636. The monoisotopic (exact) mass is 269 g/mol. The SMILES string of the molecule is CCOC(=O)Nc1cnn(CC(=O)N(CC)CC)n1. The molecule has 0 saturated carbocycles. The van der Waals surface area contributed by atoms with Crippen molar-refractivity contribution in [1.29, 1.82) is 0 Å². The van der Waals surface area contributed by atoms with Crippen LogP contribution in [0.1, 0.15) is 20.8 Å². The number of anilines is 1. The van der Waals surface area contributed by atoms with Gasteiger partial charge in [0.05, 0.1) is 12.8 Å². The van der Waals surface area contributed by atoms with Crippen LogP contribution in [0.2, 0.25) is 0 Å². The molecule has 1 N–H and O–H groups in total. The van der Waals surface area contributed by atoms with Crippen LogP contribution in [0, 0.1) is 0 Å². The largest absolute Gasteiger partial charge is 0.450 e. The van der Waals surface area contributed by atoms with E-state index in [2.05, 4.69) is 15.5 Å². The lowest BCUT2D eigenvalue weighted by Gasteiger charge is -2.17. The molecule has 1 heterocycles. The number of nitrogens with one attached hydrogen (secondary N) is 1. The van der Waals surface area contributed by atoms with Gasteiger partial charge >= 0.3 is 6.09 Å². The van der Waals surface area contributed by atoms with E-state index >= 15 is 0 Å². The fourth-order valence-electron chi connectivity index (χ4n) is 1.50. The van der Waals surface area contributed by atoms with Crippen LogP contribution in [0.15, 0.2) is 6.20 Å². The topological polar surface area (TPSA) is 89.3 Å². The van der Waals surface area contributed by atoms with E-state index in [-0.39, 0.29) is 24.9 Å². The van der Waals surface area contributed by atoms with Crippen molar-refractivity contribution < 1.29 is 14.3 Å². The molecular weight excluding hydrogens is 250 g/mol. The number of carbonyl (C=O) groups is 2. The average Bonchev–Trinajstić information content (AvgIpc) is 2.78. The van der Waals surface area contributed by atoms with Crippen LogP contribution in [0.5, 0.6) is 0 Å². The van der Waals surface area contributed by atoms with E-state index in [1.54, 1.807) is 11.8 Å². The van der Waals surface area contributed by atoms with Crippen molar-refractivity contribution in [3.8, 4) is 0 Å². The predicted octanol–water partition coefficient (Wildman–Crippen LogP) is 0.715. The van der Waals surface area contributed by atoms with Gasteiger partial charge in [-0.1, -0.05) is 0 Å². The molecule has 8 nitrogen and oxygen atoms in total. The Hall–Kier alpha value is -2.12. The molecule has 2 amide bonds. The van der Waals surface area contributed by atoms with Crippen molar-refractivity contribution in [2.24, 2.45) is 0 Å². The van der Waals surface area contributed by atoms with E-state index in [1.807, 2.05) is 13.8 Å². The maximum absolute atomic E-state index is 11.8. The summed E-state index contributed by atoms with van der Waals surface area (Å²) in [6, 6.07) is 0. The number of amides is 2. The summed E-state index contributed by atoms with van der Waals surface area (Å²) in [5.41, 5.74) is 0. The highest BCUT2D eigenvalue weighted by molar-refractivity contribution is 5.83. The van der Waals surface area contributed by atoms with Crippen molar-refractivity contribution >= 4 is 17.8 Å². The third-order valence-corrected chi connectivity index (χ3v) is 2.43. The minimum Gasteiger partial charge on any atom is -0.450 e. The van der Waals surface area contributed by atoms with Crippen LogP contribution in [0.25, 0.3) is 0 Å². The number of hydrogen-bond donors (Lipinski definition) is 1. The summed E-state index contributed by atoms with van der Waals surface area (Å²) in [6.45, 7) is 7.14. The molecule has 0 atom stereocenters. The molecule has 0 spiro atoms. The number of carbonyl (C=O) groups excluding carboxylic acids is 2. The van der Waals surface area contributed by atoms with Crippen LogP contribution in [0.3, 0.4) is 0 Å². The second kappa shape index (κ2) is 7.34. The first-order valence-corrected chi connectivity index (χ1v) is 6.22. The summed E-state index contributed by atoms with van der Waals surface area (Å²) >= 11 is 0. The predicted molar refractivity (Wildman–Crippen MR) is 68.6 cm³/mol. The number of rotatable bonds is 6. The molecule has 1 rings (SSSR count). The van der Waals surface area contributed by atoms with Gasteiger partial charge in [-0.2, -0.15) is 9.90 Å². The van der Waals surface area contributed by atoms with Gasteiger partial charge in [0.2, 0.25) is 5.91 Å². The summed E-state index contributed by atoms with van der Waals surface area (Å²) in [5, 5.41) is 10.3. The molecule has 0 aromatic carbocycles. The van der Waals surface area contributed by atoms with Crippen LogP contribution in [-0.2, 0) is 16.1 Å². The molecule has 0 aliphatic carbocycles. The van der Waals surface area contributed by atoms with E-state index in [1.165, 1.54) is 11.0 Å². The van der Waals surface area contributed by atoms with E-state index < -0.39 is 6.09 Å². The standard InChI is InChI=1S/C11H19N5O3/c1-4-15(5-2)10(17)8-16-12-7-9(14-16)13-11(18)19-6-3/h7H,4-6,8H2,1-3H3,(H,13,14,18). The molecule has 8 heteroatoms. The quantitative estimate of drug-likeness (QED) is 0.821. The van der Waals surface area contributed by atoms with Gasteiger partial charge in [0, 0.05) is 13.1 Å². The van der Waals surface area contributed by atoms with Gasteiger partial charge in [-0.05, 0) is 20.8 Å². The van der Waals surface area contributed by atoms with Crippen LogP contribution in [-0.4, -0.2) is 51.6 Å². The molecule has 1 aromatic heterocycles. The van der Waals surface area contributed by atoms with E-state index in [4.69, 9.17) is 4.74 Å². The zero-order chi connectivity index (χ0) is 14.3. The minimum absolute atomic E-state index is 0.0478. The highest BCUT2D eigenvalue weighted by Crippen LogP contribution is 2.01. The Morgan fingerprint density at radius 2 is 2.05 bits per heavy atom. The Bertz CT molecular complexity index is 428. The maximum Gasteiger partial charge on any atom is 0.412 e. The van der Waals surface area contributed by atoms with Crippen LogP contribution >= 0.6 is 0 Å². The van der Waals surface area contributed by atoms with Crippen molar-refractivity contribution in [3.05, 3.63) is 6.20 Å². The van der Waals surface area contributed by atoms with E-state index in [0.717, 1.165) is 0 Å².